The number of amides is 1. The number of benzene rings is 1. The summed E-state index contributed by atoms with van der Waals surface area (Å²) in [6.07, 6.45) is 1.20. The predicted molar refractivity (Wildman–Crippen MR) is 82.8 cm³/mol. The van der Waals surface area contributed by atoms with Crippen LogP contribution in [0.15, 0.2) is 36.5 Å². The van der Waals surface area contributed by atoms with Crippen molar-refractivity contribution in [1.82, 2.24) is 10.3 Å². The molecule has 1 N–H and O–H groups in total. The van der Waals surface area contributed by atoms with Gasteiger partial charge in [-0.2, -0.15) is 0 Å². The first-order chi connectivity index (χ1) is 11.0. The number of esters is 1. The highest BCUT2D eigenvalue weighted by Crippen LogP contribution is 2.19. The summed E-state index contributed by atoms with van der Waals surface area (Å²) in [5.74, 6) is -1.59. The molecule has 2 aromatic rings. The van der Waals surface area contributed by atoms with Crippen molar-refractivity contribution < 1.29 is 18.7 Å². The number of nitrogens with zero attached hydrogens (tertiary/aromatic N) is 1. The highest BCUT2D eigenvalue weighted by atomic mass is 35.5. The van der Waals surface area contributed by atoms with E-state index < -0.39 is 18.5 Å². The van der Waals surface area contributed by atoms with Crippen LogP contribution < -0.4 is 5.32 Å². The lowest BCUT2D eigenvalue weighted by molar-refractivity contribution is -0.124. The molecule has 0 saturated heterocycles. The summed E-state index contributed by atoms with van der Waals surface area (Å²) in [7, 11) is 0. The molecule has 0 atom stereocenters. The minimum absolute atomic E-state index is 0.0697. The maximum atomic E-state index is 12.7. The summed E-state index contributed by atoms with van der Waals surface area (Å²) in [6.45, 7) is -0.259. The Morgan fingerprint density at radius 2 is 1.91 bits per heavy atom. The van der Waals surface area contributed by atoms with Crippen LogP contribution in [-0.2, 0) is 16.1 Å². The van der Waals surface area contributed by atoms with Gasteiger partial charge in [0.25, 0.3) is 5.91 Å². The van der Waals surface area contributed by atoms with E-state index in [1.165, 1.54) is 24.4 Å². The van der Waals surface area contributed by atoms with Gasteiger partial charge in [-0.05, 0) is 23.8 Å². The molecule has 1 heterocycles. The number of aromatic nitrogens is 1. The molecule has 0 aliphatic carbocycles. The topological polar surface area (TPSA) is 68.3 Å². The summed E-state index contributed by atoms with van der Waals surface area (Å²) in [5.41, 5.74) is 0.811. The summed E-state index contributed by atoms with van der Waals surface area (Å²) >= 11 is 11.4. The maximum absolute atomic E-state index is 12.7. The molecular weight excluding hydrogens is 346 g/mol. The molecule has 120 valence electrons. The summed E-state index contributed by atoms with van der Waals surface area (Å²) < 4.78 is 17.6. The number of pyridine rings is 1. The van der Waals surface area contributed by atoms with Gasteiger partial charge in [-0.3, -0.25) is 4.79 Å². The molecule has 1 amide bonds. The number of carbonyl (C=O) groups is 2. The minimum Gasteiger partial charge on any atom is -0.452 e. The molecule has 8 heteroatoms. The number of halogens is 3. The molecular formula is C15H11Cl2FN2O3. The van der Waals surface area contributed by atoms with Crippen LogP contribution in [0.2, 0.25) is 10.2 Å². The Balaban J connectivity index is 1.80. The van der Waals surface area contributed by atoms with E-state index in [4.69, 9.17) is 27.9 Å². The van der Waals surface area contributed by atoms with E-state index in [-0.39, 0.29) is 28.1 Å². The van der Waals surface area contributed by atoms with E-state index >= 15 is 0 Å². The van der Waals surface area contributed by atoms with Gasteiger partial charge in [0.05, 0.1) is 10.6 Å². The average Bonchev–Trinajstić information content (AvgIpc) is 2.54. The Bertz CT molecular complexity index is 723. The van der Waals surface area contributed by atoms with Crippen molar-refractivity contribution in [3.8, 4) is 0 Å². The van der Waals surface area contributed by atoms with Gasteiger partial charge in [0.15, 0.2) is 6.61 Å². The van der Waals surface area contributed by atoms with Gasteiger partial charge in [0.2, 0.25) is 0 Å². The summed E-state index contributed by atoms with van der Waals surface area (Å²) in [5, 5.41) is 2.73. The fourth-order valence-electron chi connectivity index (χ4n) is 1.60. The number of rotatable bonds is 5. The largest absolute Gasteiger partial charge is 0.452 e. The lowest BCUT2D eigenvalue weighted by Crippen LogP contribution is -2.28. The van der Waals surface area contributed by atoms with E-state index in [0.717, 1.165) is 5.56 Å². The second-order valence-corrected chi connectivity index (χ2v) is 5.24. The monoisotopic (exact) mass is 356 g/mol. The van der Waals surface area contributed by atoms with Gasteiger partial charge >= 0.3 is 5.97 Å². The fraction of sp³-hybridized carbons (Fsp3) is 0.133. The zero-order valence-corrected chi connectivity index (χ0v) is 13.2. The van der Waals surface area contributed by atoms with Crippen LogP contribution in [-0.4, -0.2) is 23.5 Å². The Labute approximate surface area is 141 Å². The SMILES string of the molecule is O=C(COC(=O)c1cnc(Cl)c(Cl)c1)NCc1ccc(F)cc1. The molecule has 0 aliphatic heterocycles. The highest BCUT2D eigenvalue weighted by molar-refractivity contribution is 6.41. The van der Waals surface area contributed by atoms with Crippen molar-refractivity contribution in [2.75, 3.05) is 6.61 Å². The Hall–Kier alpha value is -2.18. The van der Waals surface area contributed by atoms with Crippen molar-refractivity contribution in [3.05, 3.63) is 63.6 Å². The second kappa shape index (κ2) is 7.89. The first-order valence-corrected chi connectivity index (χ1v) is 7.20. The van der Waals surface area contributed by atoms with Gasteiger partial charge in [0.1, 0.15) is 11.0 Å². The van der Waals surface area contributed by atoms with Crippen LogP contribution in [0.5, 0.6) is 0 Å². The number of nitrogens with one attached hydrogen (secondary N) is 1. The smallest absolute Gasteiger partial charge is 0.340 e. The summed E-state index contributed by atoms with van der Waals surface area (Å²) in [6, 6.07) is 6.97. The number of ether oxygens (including phenoxy) is 1. The van der Waals surface area contributed by atoms with Gasteiger partial charge < -0.3 is 10.1 Å². The second-order valence-electron chi connectivity index (χ2n) is 4.48. The standard InChI is InChI=1S/C15H11Cl2FN2O3/c16-12-5-10(7-20-14(12)17)15(22)23-8-13(21)19-6-9-1-3-11(18)4-2-9/h1-5,7H,6,8H2,(H,19,21). The quantitative estimate of drug-likeness (QED) is 0.660. The predicted octanol–water partition coefficient (Wildman–Crippen LogP) is 3.00. The van der Waals surface area contributed by atoms with Crippen LogP contribution in [0.1, 0.15) is 15.9 Å². The molecule has 0 radical (unpaired) electrons. The molecule has 0 bridgehead atoms. The van der Waals surface area contributed by atoms with Crippen LogP contribution in [0.3, 0.4) is 0 Å². The Morgan fingerprint density at radius 1 is 1.22 bits per heavy atom. The van der Waals surface area contributed by atoms with Crippen molar-refractivity contribution in [2.24, 2.45) is 0 Å². The molecule has 0 aliphatic rings. The highest BCUT2D eigenvalue weighted by Gasteiger charge is 2.12. The first kappa shape index (κ1) is 17.2. The van der Waals surface area contributed by atoms with Gasteiger partial charge in [-0.15, -0.1) is 0 Å². The molecule has 1 aromatic carbocycles. The lowest BCUT2D eigenvalue weighted by Gasteiger charge is -2.07. The third kappa shape index (κ3) is 5.19. The van der Waals surface area contributed by atoms with E-state index in [1.54, 1.807) is 12.1 Å². The van der Waals surface area contributed by atoms with Gasteiger partial charge in [0, 0.05) is 12.7 Å². The molecule has 23 heavy (non-hydrogen) atoms. The Kier molecular flexibility index (Phi) is 5.90. The molecule has 0 unspecified atom stereocenters. The lowest BCUT2D eigenvalue weighted by atomic mass is 10.2. The molecule has 0 fully saturated rings. The van der Waals surface area contributed by atoms with Crippen LogP contribution >= 0.6 is 23.2 Å². The zero-order chi connectivity index (χ0) is 16.8. The first-order valence-electron chi connectivity index (χ1n) is 6.45. The molecule has 1 aromatic heterocycles. The minimum atomic E-state index is -0.743. The van der Waals surface area contributed by atoms with E-state index in [0.29, 0.717) is 0 Å². The van der Waals surface area contributed by atoms with Crippen molar-refractivity contribution in [1.29, 1.82) is 0 Å². The van der Waals surface area contributed by atoms with Crippen LogP contribution in [0, 0.1) is 5.82 Å². The van der Waals surface area contributed by atoms with E-state index in [2.05, 4.69) is 10.3 Å². The summed E-state index contributed by atoms with van der Waals surface area (Å²) in [4.78, 5) is 27.1. The number of carbonyl (C=O) groups excluding carboxylic acids is 2. The molecule has 0 saturated carbocycles. The van der Waals surface area contributed by atoms with Crippen molar-refractivity contribution in [3.63, 3.8) is 0 Å². The van der Waals surface area contributed by atoms with E-state index in [1.807, 2.05) is 0 Å². The Morgan fingerprint density at radius 3 is 2.57 bits per heavy atom. The van der Waals surface area contributed by atoms with Crippen molar-refractivity contribution in [2.45, 2.75) is 6.54 Å². The molecule has 5 nitrogen and oxygen atoms in total. The van der Waals surface area contributed by atoms with E-state index in [9.17, 15) is 14.0 Å². The van der Waals surface area contributed by atoms with Gasteiger partial charge in [-0.1, -0.05) is 35.3 Å². The van der Waals surface area contributed by atoms with Gasteiger partial charge in [-0.25, -0.2) is 14.2 Å². The average molecular weight is 357 g/mol. The van der Waals surface area contributed by atoms with Crippen molar-refractivity contribution >= 4 is 35.1 Å². The third-order valence-electron chi connectivity index (χ3n) is 2.77. The zero-order valence-electron chi connectivity index (χ0n) is 11.7. The molecule has 2 rings (SSSR count). The number of hydrogen-bond acceptors (Lipinski definition) is 4. The maximum Gasteiger partial charge on any atom is 0.340 e. The van der Waals surface area contributed by atoms with Crippen LogP contribution in [0.4, 0.5) is 4.39 Å². The third-order valence-corrected chi connectivity index (χ3v) is 3.46. The fourth-order valence-corrected chi connectivity index (χ4v) is 1.87. The normalized spacial score (nSPS) is 10.2. The molecule has 0 spiro atoms. The number of hydrogen-bond donors (Lipinski definition) is 1. The van der Waals surface area contributed by atoms with Crippen LogP contribution in [0.25, 0.3) is 0 Å².